The Hall–Kier alpha value is -1.89. The molecule has 1 aromatic rings. The topological polar surface area (TPSA) is 103 Å². The third-order valence-electron chi connectivity index (χ3n) is 2.29. The predicted molar refractivity (Wildman–Crippen MR) is 58.4 cm³/mol. The van der Waals surface area contributed by atoms with Crippen LogP contribution in [0.5, 0.6) is 0 Å². The van der Waals surface area contributed by atoms with Gasteiger partial charge in [0.2, 0.25) is 11.9 Å². The van der Waals surface area contributed by atoms with E-state index in [9.17, 15) is 9.59 Å². The van der Waals surface area contributed by atoms with Gasteiger partial charge in [0.1, 0.15) is 0 Å². The third-order valence-corrected chi connectivity index (χ3v) is 2.29. The summed E-state index contributed by atoms with van der Waals surface area (Å²) in [6, 6.07) is 0. The zero-order valence-electron chi connectivity index (χ0n) is 9.13. The number of H-pyrrole nitrogens is 1. The summed E-state index contributed by atoms with van der Waals surface area (Å²) in [7, 11) is 0. The maximum Gasteiger partial charge on any atom is 0.282 e. The van der Waals surface area contributed by atoms with E-state index in [1.54, 1.807) is 19.2 Å². The van der Waals surface area contributed by atoms with Crippen molar-refractivity contribution in [3.8, 4) is 0 Å². The van der Waals surface area contributed by atoms with Crippen molar-refractivity contribution in [2.24, 2.45) is 5.92 Å². The number of nitrogens with zero attached hydrogens (tertiary/aromatic N) is 1. The number of fused-ring (bicyclic) bond motifs is 1. The number of anilines is 2. The highest BCUT2D eigenvalue weighted by atomic mass is 16.2. The number of amides is 1. The van der Waals surface area contributed by atoms with Gasteiger partial charge in [-0.15, -0.1) is 0 Å². The number of rotatable bonds is 2. The van der Waals surface area contributed by atoms with Crippen molar-refractivity contribution >= 4 is 23.4 Å². The summed E-state index contributed by atoms with van der Waals surface area (Å²) in [6.45, 7) is 4.13. The maximum absolute atomic E-state index is 11.6. The van der Waals surface area contributed by atoms with E-state index in [1.165, 1.54) is 0 Å². The molecule has 7 heteroatoms. The minimum Gasteiger partial charge on any atom is -0.328 e. The van der Waals surface area contributed by atoms with Gasteiger partial charge in [0.25, 0.3) is 11.4 Å². The fourth-order valence-electron chi connectivity index (χ4n) is 1.38. The van der Waals surface area contributed by atoms with Crippen LogP contribution in [0.3, 0.4) is 0 Å². The second-order valence-electron chi connectivity index (χ2n) is 3.90. The average Bonchev–Trinajstić information content (AvgIpc) is 2.65. The molecule has 7 nitrogen and oxygen atoms in total. The van der Waals surface area contributed by atoms with E-state index < -0.39 is 0 Å². The number of aromatic nitrogens is 2. The number of aromatic amines is 1. The Morgan fingerprint density at radius 3 is 3.00 bits per heavy atom. The molecular formula is C9H14N5O2+. The molecule has 0 atom stereocenters. The van der Waals surface area contributed by atoms with E-state index in [0.717, 1.165) is 0 Å². The van der Waals surface area contributed by atoms with E-state index in [-0.39, 0.29) is 23.3 Å². The van der Waals surface area contributed by atoms with Gasteiger partial charge in [-0.1, -0.05) is 13.8 Å². The first-order valence-corrected chi connectivity index (χ1v) is 5.10. The molecule has 1 aliphatic rings. The summed E-state index contributed by atoms with van der Waals surface area (Å²) in [4.78, 5) is 29.6. The van der Waals surface area contributed by atoms with Crippen LogP contribution < -0.4 is 21.5 Å². The Morgan fingerprint density at radius 2 is 2.31 bits per heavy atom. The van der Waals surface area contributed by atoms with E-state index >= 15 is 0 Å². The molecule has 86 valence electrons. The molecule has 5 N–H and O–H groups in total. The van der Waals surface area contributed by atoms with Crippen LogP contribution >= 0.6 is 0 Å². The lowest BCUT2D eigenvalue weighted by Crippen LogP contribution is -2.77. The fourth-order valence-corrected chi connectivity index (χ4v) is 1.38. The largest absolute Gasteiger partial charge is 0.328 e. The summed E-state index contributed by atoms with van der Waals surface area (Å²) in [5.41, 5.74) is 0.195. The number of hydrogen-bond acceptors (Lipinski definition) is 4. The molecule has 0 saturated carbocycles. The number of nitrogens with one attached hydrogen (secondary N) is 3. The van der Waals surface area contributed by atoms with Crippen molar-refractivity contribution in [1.29, 1.82) is 0 Å². The number of quaternary nitrogens is 1. The normalized spacial score (nSPS) is 13.4. The van der Waals surface area contributed by atoms with Crippen molar-refractivity contribution in [3.05, 3.63) is 10.4 Å². The number of carbonyl (C=O) groups is 1. The van der Waals surface area contributed by atoms with Gasteiger partial charge >= 0.3 is 0 Å². The van der Waals surface area contributed by atoms with Gasteiger partial charge in [-0.25, -0.2) is 0 Å². The number of nitrogens with two attached hydrogens (primary N) is 1. The molecule has 0 radical (unpaired) electrons. The Bertz CT molecular complexity index is 479. The number of carbonyl (C=O) groups excluding carboxylic acids is 1. The summed E-state index contributed by atoms with van der Waals surface area (Å²) in [5.74, 6) is 0.458. The van der Waals surface area contributed by atoms with E-state index in [1.807, 2.05) is 0 Å². The molecule has 2 heterocycles. The van der Waals surface area contributed by atoms with Crippen molar-refractivity contribution < 1.29 is 10.1 Å². The second kappa shape index (κ2) is 3.93. The first kappa shape index (κ1) is 10.6. The molecule has 0 aromatic carbocycles. The summed E-state index contributed by atoms with van der Waals surface area (Å²) in [6.07, 6.45) is 0. The minimum atomic E-state index is -0.266. The van der Waals surface area contributed by atoms with Crippen LogP contribution in [-0.2, 0) is 4.79 Å². The lowest BCUT2D eigenvalue weighted by Gasteiger charge is -2.06. The van der Waals surface area contributed by atoms with Crippen LogP contribution in [0.4, 0.5) is 17.5 Å². The van der Waals surface area contributed by atoms with Crippen LogP contribution in [0, 0.1) is 5.92 Å². The van der Waals surface area contributed by atoms with Gasteiger partial charge in [-0.05, 0) is 0 Å². The zero-order chi connectivity index (χ0) is 11.7. The maximum atomic E-state index is 11.6. The smallest absolute Gasteiger partial charge is 0.282 e. The molecule has 0 aliphatic carbocycles. The van der Waals surface area contributed by atoms with E-state index in [0.29, 0.717) is 18.2 Å². The average molecular weight is 224 g/mol. The first-order valence-electron chi connectivity index (χ1n) is 5.10. The van der Waals surface area contributed by atoms with Gasteiger partial charge in [-0.3, -0.25) is 25.2 Å². The summed E-state index contributed by atoms with van der Waals surface area (Å²) < 4.78 is 0. The monoisotopic (exact) mass is 224 g/mol. The zero-order valence-corrected chi connectivity index (χ0v) is 9.13. The Morgan fingerprint density at radius 1 is 1.56 bits per heavy atom. The lowest BCUT2D eigenvalue weighted by atomic mass is 10.2. The van der Waals surface area contributed by atoms with Gasteiger partial charge in [-0.2, -0.15) is 4.98 Å². The summed E-state index contributed by atoms with van der Waals surface area (Å²) >= 11 is 0. The molecule has 0 fully saturated rings. The molecule has 0 unspecified atom stereocenters. The van der Waals surface area contributed by atoms with Gasteiger partial charge in [0, 0.05) is 5.92 Å². The molecule has 16 heavy (non-hydrogen) atoms. The highest BCUT2D eigenvalue weighted by molar-refractivity contribution is 5.90. The Kier molecular flexibility index (Phi) is 2.61. The highest BCUT2D eigenvalue weighted by Gasteiger charge is 2.21. The van der Waals surface area contributed by atoms with Crippen molar-refractivity contribution in [1.82, 2.24) is 9.97 Å². The lowest BCUT2D eigenvalue weighted by molar-refractivity contribution is -0.560. The van der Waals surface area contributed by atoms with Crippen LogP contribution in [0.1, 0.15) is 13.8 Å². The Balaban J connectivity index is 2.27. The van der Waals surface area contributed by atoms with Crippen molar-refractivity contribution in [3.63, 3.8) is 0 Å². The standard InChI is InChI=1S/C9H13N5O2/c1-4(2)7(15)13-9-12-6-5(8(16)14-9)10-3-11-6/h4,10H,3H2,1-2H3,(H3,11,12,13,14,15,16)/p+1. The first-order chi connectivity index (χ1) is 7.58. The molecule has 0 spiro atoms. The molecule has 1 amide bonds. The third kappa shape index (κ3) is 1.89. The van der Waals surface area contributed by atoms with Crippen LogP contribution in [0.2, 0.25) is 0 Å². The van der Waals surface area contributed by atoms with E-state index in [2.05, 4.69) is 20.6 Å². The minimum absolute atomic E-state index is 0.152. The van der Waals surface area contributed by atoms with Crippen LogP contribution in [-0.4, -0.2) is 22.5 Å². The molecule has 1 aliphatic heterocycles. The van der Waals surface area contributed by atoms with Gasteiger partial charge < -0.3 is 5.32 Å². The summed E-state index contributed by atoms with van der Waals surface area (Å²) in [5, 5.41) is 7.26. The van der Waals surface area contributed by atoms with E-state index in [4.69, 9.17) is 0 Å². The molecule has 2 rings (SSSR count). The molecule has 0 saturated heterocycles. The fraction of sp³-hybridized carbons (Fsp3) is 0.444. The van der Waals surface area contributed by atoms with Crippen molar-refractivity contribution in [2.75, 3.05) is 17.3 Å². The molecule has 0 bridgehead atoms. The predicted octanol–water partition coefficient (Wildman–Crippen LogP) is -1.06. The SMILES string of the molecule is CC(C)C(=O)Nc1nc2c(c(=O)[nH]1)NC[NH2+]2. The van der Waals surface area contributed by atoms with Crippen LogP contribution in [0.15, 0.2) is 4.79 Å². The number of hydrogen-bond donors (Lipinski definition) is 4. The van der Waals surface area contributed by atoms with Crippen LogP contribution in [0.25, 0.3) is 0 Å². The molecule has 1 aromatic heterocycles. The molecular weight excluding hydrogens is 210 g/mol. The second-order valence-corrected chi connectivity index (χ2v) is 3.90. The van der Waals surface area contributed by atoms with Gasteiger partial charge in [0.15, 0.2) is 12.4 Å². The van der Waals surface area contributed by atoms with Crippen molar-refractivity contribution in [2.45, 2.75) is 13.8 Å². The quantitative estimate of drug-likeness (QED) is 0.514. The van der Waals surface area contributed by atoms with Gasteiger partial charge in [0.05, 0.1) is 0 Å². The highest BCUT2D eigenvalue weighted by Crippen LogP contribution is 2.12. The Labute approximate surface area is 91.7 Å².